The van der Waals surface area contributed by atoms with Gasteiger partial charge in [-0.25, -0.2) is 10.1 Å². The molecule has 37 heavy (non-hydrogen) atoms. The van der Waals surface area contributed by atoms with Gasteiger partial charge in [0.05, 0.1) is 24.6 Å². The van der Waals surface area contributed by atoms with Crippen LogP contribution < -0.4 is 14.9 Å². The fourth-order valence-corrected chi connectivity index (χ4v) is 7.17. The van der Waals surface area contributed by atoms with Gasteiger partial charge in [0.25, 0.3) is 0 Å². The Kier molecular flexibility index (Phi) is 5.49. The number of carbonyl (C=O) groups is 2. The van der Waals surface area contributed by atoms with Gasteiger partial charge in [-0.2, -0.15) is 5.23 Å². The minimum atomic E-state index is -0.976. The maximum Gasteiger partial charge on any atom is 0.243 e. The molecule has 2 heterocycles. The predicted octanol–water partition coefficient (Wildman–Crippen LogP) is 4.41. The molecule has 0 radical (unpaired) electrons. The molecule has 1 saturated carbocycles. The molecule has 2 aliphatic carbocycles. The fraction of sp³-hybridized carbons (Fsp3) is 0.448. The summed E-state index contributed by atoms with van der Waals surface area (Å²) in [7, 11) is 1.58. The Morgan fingerprint density at radius 1 is 1.08 bits per heavy atom. The van der Waals surface area contributed by atoms with Crippen molar-refractivity contribution in [1.82, 2.24) is 4.98 Å². The minimum absolute atomic E-state index is 0.0163. The summed E-state index contributed by atoms with van der Waals surface area (Å²) < 4.78 is 5.27. The summed E-state index contributed by atoms with van der Waals surface area (Å²) in [5, 5.41) is 21.3. The summed E-state index contributed by atoms with van der Waals surface area (Å²) in [4.78, 5) is 32.9. The van der Waals surface area contributed by atoms with Gasteiger partial charge in [0.15, 0.2) is 5.69 Å². The molecule has 2 aromatic carbocycles. The molecule has 1 aromatic heterocycles. The monoisotopic (exact) mass is 503 g/mol. The number of rotatable bonds is 3. The van der Waals surface area contributed by atoms with E-state index in [1.165, 1.54) is 4.90 Å². The highest BCUT2D eigenvalue weighted by Gasteiger charge is 2.59. The molecule has 3 aromatic rings. The van der Waals surface area contributed by atoms with Crippen molar-refractivity contribution >= 4 is 34.1 Å². The number of quaternary nitrogens is 1. The molecule has 2 amide bonds. The Morgan fingerprint density at radius 2 is 1.81 bits per heavy atom. The van der Waals surface area contributed by atoms with Crippen LogP contribution in [0.25, 0.3) is 10.9 Å². The summed E-state index contributed by atoms with van der Waals surface area (Å²) >= 11 is 0. The van der Waals surface area contributed by atoms with Gasteiger partial charge in [-0.3, -0.25) is 9.59 Å². The number of nitrogens with one attached hydrogen (secondary N) is 2. The fourth-order valence-electron chi connectivity index (χ4n) is 7.17. The van der Waals surface area contributed by atoms with Gasteiger partial charge in [-0.1, -0.05) is 20.8 Å². The molecule has 6 unspecified atom stereocenters. The first-order valence-electron chi connectivity index (χ1n) is 13.0. The van der Waals surface area contributed by atoms with E-state index in [4.69, 9.17) is 4.74 Å². The number of anilines is 1. The van der Waals surface area contributed by atoms with Gasteiger partial charge in [-0.15, -0.1) is 0 Å². The number of aromatic nitrogens is 1. The molecule has 8 nitrogen and oxygen atoms in total. The molecule has 6 rings (SSSR count). The molecule has 6 atom stereocenters. The highest BCUT2D eigenvalue weighted by Crippen LogP contribution is 2.60. The molecule has 3 aliphatic rings. The molecule has 3 N–H and O–H groups in total. The average Bonchev–Trinajstić information content (AvgIpc) is 3.37. The molecule has 8 heteroatoms. The number of ether oxygens (including phenoxy) is 1. The summed E-state index contributed by atoms with van der Waals surface area (Å²) in [6.45, 7) is 6.75. The van der Waals surface area contributed by atoms with Crippen molar-refractivity contribution in [3.63, 3.8) is 0 Å². The lowest BCUT2D eigenvalue weighted by molar-refractivity contribution is -0.991. The minimum Gasteiger partial charge on any atom is -0.595 e. The lowest BCUT2D eigenvalue weighted by atomic mass is 9.56. The third-order valence-electron chi connectivity index (χ3n) is 9.07. The Labute approximate surface area is 215 Å². The van der Waals surface area contributed by atoms with Crippen LogP contribution in [0.3, 0.4) is 0 Å². The van der Waals surface area contributed by atoms with Crippen molar-refractivity contribution in [3.05, 3.63) is 58.9 Å². The second-order valence-electron chi connectivity index (χ2n) is 11.9. The normalized spacial score (nSPS) is 28.2. The van der Waals surface area contributed by atoms with E-state index in [0.29, 0.717) is 17.4 Å². The Morgan fingerprint density at radius 3 is 2.46 bits per heavy atom. The van der Waals surface area contributed by atoms with E-state index in [2.05, 4.69) is 25.8 Å². The summed E-state index contributed by atoms with van der Waals surface area (Å²) in [6, 6.07) is 12.1. The lowest BCUT2D eigenvalue weighted by Crippen LogP contribution is -2.99. The highest BCUT2D eigenvalue weighted by molar-refractivity contribution is 6.24. The number of benzene rings is 2. The van der Waals surface area contributed by atoms with Crippen LogP contribution in [0.1, 0.15) is 63.1 Å². The Bertz CT molecular complexity index is 1390. The number of fused-ring (bicyclic) bond motifs is 8. The number of nitrogens with zero attached hydrogens (tertiary/aromatic N) is 1. The number of hydrogen-bond donors (Lipinski definition) is 3. The first-order valence-corrected chi connectivity index (χ1v) is 13.0. The van der Waals surface area contributed by atoms with Crippen molar-refractivity contribution < 1.29 is 24.8 Å². The standard InChI is InChI=1S/C29H33N3O5/c1-29(2,3)15-5-11-19-20(13-15)24-25(26-23(19)21-14-17(32(35)36)8-12-22(21)30-26)28(34)31(27(24)33)16-6-9-18(37-4)10-7-16/h6-10,12,14-15,19-20,24-25,30,32,35H,5,11,13H2,1-4H3. The first-order chi connectivity index (χ1) is 17.6. The van der Waals surface area contributed by atoms with Crippen molar-refractivity contribution in [2.45, 2.75) is 51.9 Å². The van der Waals surface area contributed by atoms with Gasteiger partial charge in [0.2, 0.25) is 11.8 Å². The first kappa shape index (κ1) is 24.2. The van der Waals surface area contributed by atoms with Crippen LogP contribution in [0.4, 0.5) is 11.4 Å². The molecular formula is C29H33N3O5. The van der Waals surface area contributed by atoms with Crippen LogP contribution in [0, 0.1) is 28.4 Å². The van der Waals surface area contributed by atoms with Crippen LogP contribution in [-0.2, 0) is 9.59 Å². The van der Waals surface area contributed by atoms with Gasteiger partial charge in [-0.05, 0) is 78.3 Å². The van der Waals surface area contributed by atoms with E-state index in [9.17, 15) is 20.0 Å². The molecule has 1 aliphatic heterocycles. The third kappa shape index (κ3) is 3.61. The Balaban J connectivity index is 1.52. The van der Waals surface area contributed by atoms with Gasteiger partial charge in [0.1, 0.15) is 5.75 Å². The molecule has 2 fully saturated rings. The van der Waals surface area contributed by atoms with E-state index >= 15 is 0 Å². The van der Waals surface area contributed by atoms with Crippen LogP contribution in [0.15, 0.2) is 42.5 Å². The van der Waals surface area contributed by atoms with Crippen molar-refractivity contribution in [2.24, 2.45) is 23.2 Å². The number of carbonyl (C=O) groups excluding carboxylic acids is 2. The van der Waals surface area contributed by atoms with Crippen molar-refractivity contribution in [1.29, 1.82) is 0 Å². The van der Waals surface area contributed by atoms with Gasteiger partial charge in [0, 0.05) is 28.7 Å². The number of hydrogen-bond acceptors (Lipinski definition) is 5. The summed E-state index contributed by atoms with van der Waals surface area (Å²) in [5.41, 5.74) is 3.51. The molecule has 0 bridgehead atoms. The Hall–Kier alpha value is -3.20. The molecule has 194 valence electrons. The van der Waals surface area contributed by atoms with E-state index in [1.54, 1.807) is 49.6 Å². The lowest BCUT2D eigenvalue weighted by Gasteiger charge is -2.47. The van der Waals surface area contributed by atoms with Crippen molar-refractivity contribution in [3.8, 4) is 5.75 Å². The second kappa shape index (κ2) is 8.41. The average molecular weight is 504 g/mol. The smallest absolute Gasteiger partial charge is 0.243 e. The summed E-state index contributed by atoms with van der Waals surface area (Å²) in [5.74, 6) is -0.193. The predicted molar refractivity (Wildman–Crippen MR) is 139 cm³/mol. The van der Waals surface area contributed by atoms with Gasteiger partial charge < -0.3 is 14.9 Å². The van der Waals surface area contributed by atoms with Gasteiger partial charge >= 0.3 is 0 Å². The quantitative estimate of drug-likeness (QED) is 0.362. The second-order valence-corrected chi connectivity index (χ2v) is 11.9. The third-order valence-corrected chi connectivity index (χ3v) is 9.07. The SMILES string of the molecule is COc1ccc(N2C(=O)C3c4[nH]c5ccc([NH+]([O-])O)cc5c4C4CCC(C(C)(C)C)CC4C3C2=O)cc1. The molecule has 0 spiro atoms. The van der Waals surface area contributed by atoms with E-state index in [0.717, 1.165) is 41.4 Å². The number of aromatic amines is 1. The van der Waals surface area contributed by atoms with E-state index in [1.807, 2.05) is 0 Å². The van der Waals surface area contributed by atoms with Crippen LogP contribution in [-0.4, -0.2) is 29.1 Å². The maximum atomic E-state index is 14.1. The number of methoxy groups -OCH3 is 1. The summed E-state index contributed by atoms with van der Waals surface area (Å²) in [6.07, 6.45) is 2.82. The largest absolute Gasteiger partial charge is 0.595 e. The number of amides is 2. The van der Waals surface area contributed by atoms with Crippen LogP contribution >= 0.6 is 0 Å². The van der Waals surface area contributed by atoms with E-state index in [-0.39, 0.29) is 34.8 Å². The molecular weight excluding hydrogens is 470 g/mol. The van der Waals surface area contributed by atoms with E-state index < -0.39 is 17.1 Å². The zero-order chi connectivity index (χ0) is 26.2. The zero-order valence-corrected chi connectivity index (χ0v) is 21.6. The maximum absolute atomic E-state index is 14.1. The number of H-pyrrole nitrogens is 1. The van der Waals surface area contributed by atoms with Crippen LogP contribution in [0.2, 0.25) is 0 Å². The highest BCUT2D eigenvalue weighted by atomic mass is 16.8. The van der Waals surface area contributed by atoms with Crippen LogP contribution in [0.5, 0.6) is 5.75 Å². The molecule has 1 saturated heterocycles. The van der Waals surface area contributed by atoms with Crippen molar-refractivity contribution in [2.75, 3.05) is 12.0 Å². The topological polar surface area (TPSA) is 110 Å². The zero-order valence-electron chi connectivity index (χ0n) is 21.6. The number of imide groups is 1.